The Hall–Kier alpha value is -2.58. The van der Waals surface area contributed by atoms with Gasteiger partial charge in [-0.05, 0) is 62.8 Å². The van der Waals surface area contributed by atoms with Gasteiger partial charge in [-0.15, -0.1) is 0 Å². The lowest BCUT2D eigenvalue weighted by molar-refractivity contribution is 0.261. The van der Waals surface area contributed by atoms with E-state index in [0.717, 1.165) is 35.5 Å². The molecule has 0 saturated heterocycles. The molecule has 31 heavy (non-hydrogen) atoms. The van der Waals surface area contributed by atoms with Crippen LogP contribution >= 0.6 is 0 Å². The van der Waals surface area contributed by atoms with Gasteiger partial charge >= 0.3 is 0 Å². The molecule has 0 saturated carbocycles. The zero-order chi connectivity index (χ0) is 22.9. The molecule has 0 unspecified atom stereocenters. The quantitative estimate of drug-likeness (QED) is 0.431. The van der Waals surface area contributed by atoms with E-state index in [-0.39, 0.29) is 0 Å². The van der Waals surface area contributed by atoms with Crippen molar-refractivity contribution in [2.75, 3.05) is 40.0 Å². The predicted octanol–water partition coefficient (Wildman–Crippen LogP) is 2.59. The summed E-state index contributed by atoms with van der Waals surface area (Å²) in [6.07, 6.45) is 1.23. The topological polar surface area (TPSA) is 83.0 Å². The molecular formula is C23H34N4O3S. The molecule has 8 heteroatoms. The van der Waals surface area contributed by atoms with E-state index in [4.69, 9.17) is 4.74 Å². The van der Waals surface area contributed by atoms with Crippen molar-refractivity contribution >= 4 is 15.8 Å². The van der Waals surface area contributed by atoms with Gasteiger partial charge in [0.2, 0.25) is 0 Å². The number of rotatable bonds is 10. The Morgan fingerprint density at radius 3 is 2.52 bits per heavy atom. The average Bonchev–Trinajstić information content (AvgIpc) is 2.69. The molecule has 170 valence electrons. The molecule has 0 amide bonds. The van der Waals surface area contributed by atoms with Crippen LogP contribution in [0.4, 0.5) is 0 Å². The molecule has 0 heterocycles. The Morgan fingerprint density at radius 2 is 1.87 bits per heavy atom. The Balaban J connectivity index is 2.00. The van der Waals surface area contributed by atoms with E-state index in [1.807, 2.05) is 64.3 Å². The Bertz CT molecular complexity index is 988. The number of guanidine groups is 1. The highest BCUT2D eigenvalue weighted by Crippen LogP contribution is 2.17. The highest BCUT2D eigenvalue weighted by atomic mass is 32.2. The largest absolute Gasteiger partial charge is 0.492 e. The molecule has 0 radical (unpaired) electrons. The molecule has 2 aromatic rings. The van der Waals surface area contributed by atoms with Crippen LogP contribution in [0.15, 0.2) is 52.4 Å². The molecule has 0 fully saturated rings. The molecular weight excluding hydrogens is 412 g/mol. The van der Waals surface area contributed by atoms with Crippen LogP contribution < -0.4 is 15.4 Å². The normalized spacial score (nSPS) is 12.1. The number of nitrogens with zero attached hydrogens (tertiary/aromatic N) is 2. The van der Waals surface area contributed by atoms with Gasteiger partial charge in [-0.1, -0.05) is 24.3 Å². The number of aliphatic imine (C=N–C) groups is 1. The molecule has 7 nitrogen and oxygen atoms in total. The predicted molar refractivity (Wildman–Crippen MR) is 126 cm³/mol. The third-order valence-electron chi connectivity index (χ3n) is 4.57. The number of sulfone groups is 1. The van der Waals surface area contributed by atoms with Gasteiger partial charge in [0.05, 0.1) is 11.4 Å². The number of likely N-dealkylation sites (N-methyl/N-ethyl adjacent to an activating group) is 1. The number of hydrogen-bond acceptors (Lipinski definition) is 5. The third-order valence-corrected chi connectivity index (χ3v) is 5.83. The van der Waals surface area contributed by atoms with E-state index >= 15 is 0 Å². The number of aryl methyl sites for hydroxylation is 1. The van der Waals surface area contributed by atoms with Gasteiger partial charge in [-0.2, -0.15) is 0 Å². The van der Waals surface area contributed by atoms with Gasteiger partial charge in [-0.3, -0.25) is 0 Å². The van der Waals surface area contributed by atoms with Crippen molar-refractivity contribution in [1.82, 2.24) is 15.5 Å². The maximum absolute atomic E-state index is 11.8. The minimum atomic E-state index is -3.21. The molecule has 0 aromatic heterocycles. The number of hydrogen-bond donors (Lipinski definition) is 2. The SMILES string of the molecule is CCNC(=NCc1cccc(OCCN(C)C)c1)NCc1ccc(S(C)(=O)=O)c(C)c1. The van der Waals surface area contributed by atoms with Crippen molar-refractivity contribution in [1.29, 1.82) is 0 Å². The van der Waals surface area contributed by atoms with Crippen molar-refractivity contribution in [2.24, 2.45) is 4.99 Å². The fourth-order valence-corrected chi connectivity index (χ4v) is 3.97. The second kappa shape index (κ2) is 11.7. The van der Waals surface area contributed by atoms with Crippen LogP contribution in [0.3, 0.4) is 0 Å². The van der Waals surface area contributed by atoms with E-state index in [0.29, 0.717) is 30.6 Å². The van der Waals surface area contributed by atoms with Crippen molar-refractivity contribution in [3.63, 3.8) is 0 Å². The standard InChI is InChI=1S/C23H34N4O3S/c1-6-24-23(26-17-20-10-11-22(18(2)14-20)31(5,28)29)25-16-19-8-7-9-21(15-19)30-13-12-27(3)4/h7-11,14-15H,6,12-13,16-17H2,1-5H3,(H2,24,25,26). The van der Waals surface area contributed by atoms with Crippen LogP contribution in [0, 0.1) is 6.92 Å². The fraction of sp³-hybridized carbons (Fsp3) is 0.435. The lowest BCUT2D eigenvalue weighted by Gasteiger charge is -2.13. The molecule has 2 N–H and O–H groups in total. The van der Waals surface area contributed by atoms with E-state index in [2.05, 4.69) is 20.5 Å². The summed E-state index contributed by atoms with van der Waals surface area (Å²) in [6, 6.07) is 13.3. The minimum Gasteiger partial charge on any atom is -0.492 e. The van der Waals surface area contributed by atoms with Crippen LogP contribution in [0.25, 0.3) is 0 Å². The van der Waals surface area contributed by atoms with Crippen LogP contribution in [-0.4, -0.2) is 59.3 Å². The summed E-state index contributed by atoms with van der Waals surface area (Å²) in [7, 11) is 0.826. The van der Waals surface area contributed by atoms with Crippen LogP contribution in [0.5, 0.6) is 5.75 Å². The Kier molecular flexibility index (Phi) is 9.33. The van der Waals surface area contributed by atoms with Gasteiger partial charge < -0.3 is 20.3 Å². The van der Waals surface area contributed by atoms with Gasteiger partial charge in [0.25, 0.3) is 0 Å². The lowest BCUT2D eigenvalue weighted by atomic mass is 10.1. The fourth-order valence-electron chi connectivity index (χ4n) is 3.02. The van der Waals surface area contributed by atoms with Crippen LogP contribution in [-0.2, 0) is 22.9 Å². The lowest BCUT2D eigenvalue weighted by Crippen LogP contribution is -2.36. The molecule has 0 aliphatic rings. The summed E-state index contributed by atoms with van der Waals surface area (Å²) < 4.78 is 29.4. The molecule has 0 spiro atoms. The first-order chi connectivity index (χ1) is 14.7. The van der Waals surface area contributed by atoms with Gasteiger partial charge in [0.1, 0.15) is 12.4 Å². The molecule has 0 aliphatic carbocycles. The summed E-state index contributed by atoms with van der Waals surface area (Å²) in [4.78, 5) is 7.11. The second-order valence-corrected chi connectivity index (χ2v) is 9.70. The van der Waals surface area contributed by atoms with E-state index in [1.165, 1.54) is 6.26 Å². The van der Waals surface area contributed by atoms with E-state index in [1.54, 1.807) is 6.07 Å². The van der Waals surface area contributed by atoms with E-state index in [9.17, 15) is 8.42 Å². The molecule has 0 bridgehead atoms. The number of ether oxygens (including phenoxy) is 1. The van der Waals surface area contributed by atoms with Crippen LogP contribution in [0.2, 0.25) is 0 Å². The summed E-state index contributed by atoms with van der Waals surface area (Å²) in [5.41, 5.74) is 2.80. The molecule has 0 aliphatic heterocycles. The van der Waals surface area contributed by atoms with Crippen molar-refractivity contribution in [2.45, 2.75) is 31.8 Å². The van der Waals surface area contributed by atoms with Crippen molar-refractivity contribution in [3.05, 3.63) is 59.2 Å². The molecule has 0 atom stereocenters. The zero-order valence-electron chi connectivity index (χ0n) is 19.1. The Morgan fingerprint density at radius 1 is 1.10 bits per heavy atom. The van der Waals surface area contributed by atoms with Gasteiger partial charge in [0, 0.05) is 25.9 Å². The smallest absolute Gasteiger partial charge is 0.191 e. The van der Waals surface area contributed by atoms with Gasteiger partial charge in [-0.25, -0.2) is 13.4 Å². The summed E-state index contributed by atoms with van der Waals surface area (Å²) in [6.45, 7) is 7.14. The summed E-state index contributed by atoms with van der Waals surface area (Å²) in [5, 5.41) is 6.55. The van der Waals surface area contributed by atoms with Crippen LogP contribution in [0.1, 0.15) is 23.6 Å². The molecule has 2 rings (SSSR count). The Labute approximate surface area is 186 Å². The first-order valence-electron chi connectivity index (χ1n) is 10.4. The van der Waals surface area contributed by atoms with Crippen molar-refractivity contribution < 1.29 is 13.2 Å². The molecule has 2 aromatic carbocycles. The maximum Gasteiger partial charge on any atom is 0.191 e. The van der Waals surface area contributed by atoms with E-state index < -0.39 is 9.84 Å². The monoisotopic (exact) mass is 446 g/mol. The van der Waals surface area contributed by atoms with Crippen molar-refractivity contribution in [3.8, 4) is 5.75 Å². The second-order valence-electron chi connectivity index (χ2n) is 7.72. The van der Waals surface area contributed by atoms with Gasteiger partial charge in [0.15, 0.2) is 15.8 Å². The zero-order valence-corrected chi connectivity index (χ0v) is 19.9. The first kappa shape index (κ1) is 24.7. The highest BCUT2D eigenvalue weighted by molar-refractivity contribution is 7.90. The summed E-state index contributed by atoms with van der Waals surface area (Å²) >= 11 is 0. The minimum absolute atomic E-state index is 0.365. The first-order valence-corrected chi connectivity index (χ1v) is 12.3. The maximum atomic E-state index is 11.8. The number of benzene rings is 2. The summed E-state index contributed by atoms with van der Waals surface area (Å²) in [5.74, 6) is 1.54. The number of nitrogens with one attached hydrogen (secondary N) is 2. The average molecular weight is 447 g/mol. The highest BCUT2D eigenvalue weighted by Gasteiger charge is 2.11. The third kappa shape index (κ3) is 8.59.